The van der Waals surface area contributed by atoms with Gasteiger partial charge in [0.25, 0.3) is 11.5 Å². The number of methoxy groups -OCH3 is 1. The van der Waals surface area contributed by atoms with E-state index in [2.05, 4.69) is 5.32 Å². The van der Waals surface area contributed by atoms with E-state index in [1.54, 1.807) is 6.07 Å². The number of hydrogen-bond donors (Lipinski definition) is 1. The lowest BCUT2D eigenvalue weighted by molar-refractivity contribution is -0.271. The van der Waals surface area contributed by atoms with Crippen LogP contribution in [0.3, 0.4) is 0 Å². The van der Waals surface area contributed by atoms with Crippen LogP contribution in [-0.4, -0.2) is 69.0 Å². The molecule has 0 saturated carbocycles. The number of ether oxygens (including phenoxy) is 3. The molecule has 3 atom stereocenters. The molecule has 0 aliphatic carbocycles. The highest BCUT2D eigenvalue weighted by Crippen LogP contribution is 2.52. The average molecular weight is 547 g/mol. The molecule has 5 rings (SSSR count). The van der Waals surface area contributed by atoms with Crippen molar-refractivity contribution in [1.29, 1.82) is 0 Å². The first-order chi connectivity index (χ1) is 18.7. The van der Waals surface area contributed by atoms with Crippen molar-refractivity contribution in [2.75, 3.05) is 40.0 Å². The van der Waals surface area contributed by atoms with Crippen molar-refractivity contribution < 1.29 is 37.0 Å². The molecule has 0 unspecified atom stereocenters. The molecule has 7 nitrogen and oxygen atoms in total. The molecule has 39 heavy (non-hydrogen) atoms. The van der Waals surface area contributed by atoms with Crippen molar-refractivity contribution >= 4 is 11.8 Å². The Morgan fingerprint density at radius 3 is 2.41 bits per heavy atom. The number of carbonyl (C=O) groups is 2. The van der Waals surface area contributed by atoms with E-state index in [1.807, 2.05) is 24.3 Å². The van der Waals surface area contributed by atoms with Crippen LogP contribution in [0.2, 0.25) is 0 Å². The van der Waals surface area contributed by atoms with E-state index in [-0.39, 0.29) is 43.0 Å². The van der Waals surface area contributed by atoms with Crippen LogP contribution in [0.5, 0.6) is 5.75 Å². The van der Waals surface area contributed by atoms with Crippen LogP contribution in [0, 0.1) is 5.41 Å². The molecule has 10 heteroatoms. The van der Waals surface area contributed by atoms with Gasteiger partial charge in [-0.1, -0.05) is 48.5 Å². The van der Waals surface area contributed by atoms with Crippen molar-refractivity contribution in [2.45, 2.75) is 49.5 Å². The highest BCUT2D eigenvalue weighted by Gasteiger charge is 2.64. The molecule has 0 bridgehead atoms. The number of benzene rings is 2. The van der Waals surface area contributed by atoms with Crippen molar-refractivity contribution in [3.05, 3.63) is 65.7 Å². The second-order valence-electron chi connectivity index (χ2n) is 10.6. The minimum Gasteiger partial charge on any atom is -0.488 e. The van der Waals surface area contributed by atoms with Crippen LogP contribution >= 0.6 is 0 Å². The number of rotatable bonds is 6. The summed E-state index contributed by atoms with van der Waals surface area (Å²) in [4.78, 5) is 27.4. The van der Waals surface area contributed by atoms with Crippen LogP contribution in [-0.2, 0) is 24.7 Å². The highest BCUT2D eigenvalue weighted by atomic mass is 19.4. The van der Waals surface area contributed by atoms with E-state index in [9.17, 15) is 22.8 Å². The quantitative estimate of drug-likeness (QED) is 0.589. The fourth-order valence-electron chi connectivity index (χ4n) is 6.34. The summed E-state index contributed by atoms with van der Waals surface area (Å²) in [5.41, 5.74) is -2.94. The van der Waals surface area contributed by atoms with Crippen LogP contribution in [0.1, 0.15) is 42.7 Å². The number of nitrogens with zero attached hydrogens (tertiary/aromatic N) is 1. The van der Waals surface area contributed by atoms with E-state index in [0.717, 1.165) is 24.8 Å². The number of likely N-dealkylation sites (tertiary alicyclic amines) is 1. The lowest BCUT2D eigenvalue weighted by Crippen LogP contribution is -2.60. The number of carbonyl (C=O) groups excluding carboxylic acids is 2. The maximum absolute atomic E-state index is 14.5. The number of nitrogens with one attached hydrogen (secondary N) is 1. The lowest BCUT2D eigenvalue weighted by atomic mass is 9.62. The Hall–Kier alpha value is -3.11. The first-order valence-corrected chi connectivity index (χ1v) is 13.3. The van der Waals surface area contributed by atoms with Gasteiger partial charge in [0.05, 0.1) is 13.2 Å². The summed E-state index contributed by atoms with van der Waals surface area (Å²) in [5.74, 6) is -0.624. The molecule has 3 aliphatic rings. The fourth-order valence-corrected chi connectivity index (χ4v) is 6.34. The topological polar surface area (TPSA) is 77.1 Å². The molecule has 3 fully saturated rings. The Bertz CT molecular complexity index is 1180. The molecule has 3 aliphatic heterocycles. The van der Waals surface area contributed by atoms with Crippen molar-refractivity contribution in [1.82, 2.24) is 10.2 Å². The third kappa shape index (κ3) is 5.00. The smallest absolute Gasteiger partial charge is 0.430 e. The number of para-hydroxylation sites is 1. The zero-order valence-electron chi connectivity index (χ0n) is 21.8. The van der Waals surface area contributed by atoms with E-state index >= 15 is 0 Å². The summed E-state index contributed by atoms with van der Waals surface area (Å²) in [6.07, 6.45) is -3.24. The molecule has 3 heterocycles. The van der Waals surface area contributed by atoms with Gasteiger partial charge in [0, 0.05) is 51.1 Å². The predicted molar refractivity (Wildman–Crippen MR) is 136 cm³/mol. The fraction of sp³-hybridized carbons (Fsp3) is 0.517. The van der Waals surface area contributed by atoms with Gasteiger partial charge >= 0.3 is 6.18 Å². The van der Waals surface area contributed by atoms with Crippen LogP contribution in [0.25, 0.3) is 0 Å². The molecular weight excluding hydrogens is 513 g/mol. The van der Waals surface area contributed by atoms with Crippen molar-refractivity contribution in [3.63, 3.8) is 0 Å². The van der Waals surface area contributed by atoms with Crippen LogP contribution in [0.4, 0.5) is 13.2 Å². The number of hydrogen-bond acceptors (Lipinski definition) is 5. The summed E-state index contributed by atoms with van der Waals surface area (Å²) in [5, 5.41) is 2.96. The second-order valence-corrected chi connectivity index (χ2v) is 10.6. The van der Waals surface area contributed by atoms with Crippen LogP contribution in [0.15, 0.2) is 54.6 Å². The van der Waals surface area contributed by atoms with Crippen molar-refractivity contribution in [2.24, 2.45) is 5.41 Å². The van der Waals surface area contributed by atoms with E-state index < -0.39 is 23.1 Å². The van der Waals surface area contributed by atoms with Gasteiger partial charge in [-0.3, -0.25) is 9.59 Å². The van der Waals surface area contributed by atoms with Gasteiger partial charge in [-0.05, 0) is 29.9 Å². The monoisotopic (exact) mass is 546 g/mol. The number of alkyl halides is 3. The molecule has 3 saturated heterocycles. The Kier molecular flexibility index (Phi) is 7.61. The minimum absolute atomic E-state index is 0.0535. The zero-order chi connectivity index (χ0) is 27.7. The van der Waals surface area contributed by atoms with Crippen molar-refractivity contribution in [3.8, 4) is 5.75 Å². The Labute approximate surface area is 225 Å². The van der Waals surface area contributed by atoms with E-state index in [1.165, 1.54) is 29.2 Å². The minimum atomic E-state index is -4.97. The molecule has 2 aromatic rings. The number of halogens is 3. The summed E-state index contributed by atoms with van der Waals surface area (Å²) in [6, 6.07) is 14.7. The maximum atomic E-state index is 14.5. The molecule has 0 radical (unpaired) electrons. The molecular formula is C29H33F3N2O5. The summed E-state index contributed by atoms with van der Waals surface area (Å²) in [7, 11) is 0.914. The van der Waals surface area contributed by atoms with Gasteiger partial charge in [-0.25, -0.2) is 0 Å². The molecule has 210 valence electrons. The third-order valence-corrected chi connectivity index (χ3v) is 8.46. The van der Waals surface area contributed by atoms with Gasteiger partial charge < -0.3 is 24.4 Å². The highest BCUT2D eigenvalue weighted by molar-refractivity contribution is 5.88. The lowest BCUT2D eigenvalue weighted by Gasteiger charge is -2.50. The third-order valence-electron chi connectivity index (χ3n) is 8.46. The van der Waals surface area contributed by atoms with Crippen LogP contribution < -0.4 is 10.1 Å². The van der Waals surface area contributed by atoms with Gasteiger partial charge in [0.1, 0.15) is 11.9 Å². The SMILES string of the molecule is CO[C@@](C(=O)N1CCC2(CC1)CC(=O)NC[C@H]2c1ccccc1O[C@H]1CCOC1)(c1ccccc1)C(F)(F)F. The van der Waals surface area contributed by atoms with Gasteiger partial charge in [0.2, 0.25) is 5.91 Å². The van der Waals surface area contributed by atoms with Gasteiger partial charge in [-0.2, -0.15) is 13.2 Å². The van der Waals surface area contributed by atoms with Gasteiger partial charge in [0.15, 0.2) is 0 Å². The molecule has 1 N–H and O–H groups in total. The molecule has 1 spiro atoms. The standard InChI is InChI=1S/C29H33F3N2O5/c1-37-28(29(30,31)32,20-7-3-2-4-8-20)26(36)34-14-12-27(13-15-34)17-25(35)33-18-23(27)22-9-5-6-10-24(22)39-21-11-16-38-19-21/h2-10,21,23H,11-19H2,1H3,(H,33,35)/t21-,23-,28+/m0/s1. The molecule has 2 amide bonds. The second kappa shape index (κ2) is 10.8. The molecule has 0 aromatic heterocycles. The number of piperidine rings is 2. The zero-order valence-corrected chi connectivity index (χ0v) is 21.8. The van der Waals surface area contributed by atoms with E-state index in [0.29, 0.717) is 32.6 Å². The normalized spacial score (nSPS) is 24.7. The summed E-state index contributed by atoms with van der Waals surface area (Å²) < 4.78 is 60.3. The Morgan fingerprint density at radius 2 is 1.77 bits per heavy atom. The Morgan fingerprint density at radius 1 is 1.08 bits per heavy atom. The predicted octanol–water partition coefficient (Wildman–Crippen LogP) is 4.17. The van der Waals surface area contributed by atoms with E-state index in [4.69, 9.17) is 14.2 Å². The summed E-state index contributed by atoms with van der Waals surface area (Å²) in [6.45, 7) is 1.71. The largest absolute Gasteiger partial charge is 0.488 e. The average Bonchev–Trinajstić information content (AvgIpc) is 3.43. The first kappa shape index (κ1) is 27.5. The maximum Gasteiger partial charge on any atom is 0.430 e. The Balaban J connectivity index is 1.41. The molecule has 2 aromatic carbocycles. The summed E-state index contributed by atoms with van der Waals surface area (Å²) >= 11 is 0. The first-order valence-electron chi connectivity index (χ1n) is 13.3. The van der Waals surface area contributed by atoms with Gasteiger partial charge in [-0.15, -0.1) is 0 Å². The number of amides is 2.